The summed E-state index contributed by atoms with van der Waals surface area (Å²) in [6, 6.07) is 23.2. The number of rotatable bonds is 9. The zero-order chi connectivity index (χ0) is 25.5. The molecule has 0 bridgehead atoms. The highest BCUT2D eigenvalue weighted by molar-refractivity contribution is 7.99. The van der Waals surface area contributed by atoms with Crippen molar-refractivity contribution < 1.29 is 14.3 Å². The SMILES string of the molecule is COc1ccc(C(C)=NNC(=O)CSc2nnc(-c3ccc(C)cc3)n2-c2ccc(OC)cc2)cc1. The number of hydrazone groups is 1. The van der Waals surface area contributed by atoms with E-state index in [9.17, 15) is 4.79 Å². The number of ether oxygens (including phenoxy) is 2. The number of benzene rings is 3. The van der Waals surface area contributed by atoms with E-state index in [1.54, 1.807) is 14.2 Å². The Bertz CT molecular complexity index is 1350. The fraction of sp³-hybridized carbons (Fsp3) is 0.185. The molecule has 0 aliphatic rings. The lowest BCUT2D eigenvalue weighted by molar-refractivity contribution is -0.118. The monoisotopic (exact) mass is 501 g/mol. The summed E-state index contributed by atoms with van der Waals surface area (Å²) in [5, 5.41) is 13.6. The van der Waals surface area contributed by atoms with Crippen LogP contribution >= 0.6 is 11.8 Å². The van der Waals surface area contributed by atoms with Crippen LogP contribution in [0, 0.1) is 6.92 Å². The van der Waals surface area contributed by atoms with E-state index >= 15 is 0 Å². The summed E-state index contributed by atoms with van der Waals surface area (Å²) < 4.78 is 12.4. The van der Waals surface area contributed by atoms with Crippen molar-refractivity contribution in [2.24, 2.45) is 5.10 Å². The average Bonchev–Trinajstić information content (AvgIpc) is 3.35. The quantitative estimate of drug-likeness (QED) is 0.199. The second-order valence-corrected chi connectivity index (χ2v) is 8.90. The van der Waals surface area contributed by atoms with E-state index < -0.39 is 0 Å². The van der Waals surface area contributed by atoms with Crippen LogP contribution in [0.5, 0.6) is 11.5 Å². The van der Waals surface area contributed by atoms with Crippen LogP contribution in [0.4, 0.5) is 0 Å². The van der Waals surface area contributed by atoms with Crippen LogP contribution in [-0.2, 0) is 4.79 Å². The van der Waals surface area contributed by atoms with Gasteiger partial charge in [0, 0.05) is 11.3 Å². The Morgan fingerprint density at radius 1 is 0.917 bits per heavy atom. The lowest BCUT2D eigenvalue weighted by Gasteiger charge is -2.11. The number of aromatic nitrogens is 3. The number of amides is 1. The van der Waals surface area contributed by atoms with Crippen LogP contribution in [0.15, 0.2) is 83.1 Å². The normalized spacial score (nSPS) is 11.3. The van der Waals surface area contributed by atoms with Crippen molar-refractivity contribution in [2.75, 3.05) is 20.0 Å². The number of hydrogen-bond acceptors (Lipinski definition) is 7. The Morgan fingerprint density at radius 2 is 1.53 bits per heavy atom. The molecular weight excluding hydrogens is 474 g/mol. The third-order valence-corrected chi connectivity index (χ3v) is 6.39. The average molecular weight is 502 g/mol. The van der Waals surface area contributed by atoms with E-state index in [1.807, 2.05) is 91.2 Å². The van der Waals surface area contributed by atoms with Crippen molar-refractivity contribution in [3.8, 4) is 28.6 Å². The minimum atomic E-state index is -0.242. The molecule has 1 N–H and O–H groups in total. The Hall–Kier alpha value is -4.11. The second-order valence-electron chi connectivity index (χ2n) is 7.96. The van der Waals surface area contributed by atoms with Crippen LogP contribution in [0.1, 0.15) is 18.1 Å². The van der Waals surface area contributed by atoms with Gasteiger partial charge >= 0.3 is 0 Å². The zero-order valence-corrected chi connectivity index (χ0v) is 21.4. The van der Waals surface area contributed by atoms with E-state index in [0.717, 1.165) is 33.9 Å². The minimum Gasteiger partial charge on any atom is -0.497 e. The predicted molar refractivity (Wildman–Crippen MR) is 142 cm³/mol. The van der Waals surface area contributed by atoms with E-state index in [2.05, 4.69) is 20.7 Å². The summed E-state index contributed by atoms with van der Waals surface area (Å²) in [7, 11) is 3.25. The molecule has 4 aromatic rings. The third kappa shape index (κ3) is 5.92. The molecule has 0 unspecified atom stereocenters. The summed E-state index contributed by atoms with van der Waals surface area (Å²) in [4.78, 5) is 12.6. The van der Waals surface area contributed by atoms with Gasteiger partial charge in [0.15, 0.2) is 11.0 Å². The predicted octanol–water partition coefficient (Wildman–Crippen LogP) is 4.89. The second kappa shape index (κ2) is 11.5. The van der Waals surface area contributed by atoms with Gasteiger partial charge < -0.3 is 9.47 Å². The van der Waals surface area contributed by atoms with Crippen LogP contribution < -0.4 is 14.9 Å². The molecule has 36 heavy (non-hydrogen) atoms. The van der Waals surface area contributed by atoms with E-state index in [0.29, 0.717) is 16.7 Å². The lowest BCUT2D eigenvalue weighted by atomic mass is 10.1. The number of methoxy groups -OCH3 is 2. The first-order valence-electron chi connectivity index (χ1n) is 11.3. The lowest BCUT2D eigenvalue weighted by Crippen LogP contribution is -2.21. The molecule has 0 saturated heterocycles. The van der Waals surface area contributed by atoms with Crippen LogP contribution in [0.3, 0.4) is 0 Å². The molecule has 0 atom stereocenters. The Kier molecular flexibility index (Phi) is 8.02. The first-order chi connectivity index (χ1) is 17.5. The fourth-order valence-electron chi connectivity index (χ4n) is 3.42. The standard InChI is InChI=1S/C27H27N5O3S/c1-18-5-7-21(8-6-18)26-30-31-27(32(26)22-11-15-24(35-4)16-12-22)36-17-25(33)29-28-19(2)20-9-13-23(34-3)14-10-20/h5-16H,17H2,1-4H3,(H,29,33). The number of carbonyl (C=O) groups excluding carboxylic acids is 1. The van der Waals surface area contributed by atoms with Gasteiger partial charge in [-0.3, -0.25) is 9.36 Å². The molecule has 8 nitrogen and oxygen atoms in total. The van der Waals surface area contributed by atoms with Crippen molar-refractivity contribution in [1.82, 2.24) is 20.2 Å². The van der Waals surface area contributed by atoms with Gasteiger partial charge in [-0.2, -0.15) is 5.10 Å². The molecule has 1 heterocycles. The van der Waals surface area contributed by atoms with E-state index in [4.69, 9.17) is 9.47 Å². The molecule has 0 aliphatic carbocycles. The maximum atomic E-state index is 12.6. The van der Waals surface area contributed by atoms with Gasteiger partial charge in [0.05, 0.1) is 25.7 Å². The largest absolute Gasteiger partial charge is 0.497 e. The highest BCUT2D eigenvalue weighted by atomic mass is 32.2. The van der Waals surface area contributed by atoms with Crippen LogP contribution in [0.2, 0.25) is 0 Å². The maximum absolute atomic E-state index is 12.6. The van der Waals surface area contributed by atoms with Crippen LogP contribution in [0.25, 0.3) is 17.1 Å². The summed E-state index contributed by atoms with van der Waals surface area (Å²) in [6.45, 7) is 3.88. The summed E-state index contributed by atoms with van der Waals surface area (Å²) in [5.74, 6) is 2.09. The molecule has 0 radical (unpaired) electrons. The van der Waals surface area contributed by atoms with Crippen molar-refractivity contribution in [1.29, 1.82) is 0 Å². The Morgan fingerprint density at radius 3 is 2.14 bits per heavy atom. The van der Waals surface area contributed by atoms with Gasteiger partial charge in [0.1, 0.15) is 11.5 Å². The molecule has 184 valence electrons. The molecule has 0 aliphatic heterocycles. The van der Waals surface area contributed by atoms with Crippen molar-refractivity contribution in [3.05, 3.63) is 83.9 Å². The topological polar surface area (TPSA) is 90.6 Å². The van der Waals surface area contributed by atoms with E-state index in [1.165, 1.54) is 11.8 Å². The number of nitrogens with zero attached hydrogens (tertiary/aromatic N) is 4. The Balaban J connectivity index is 1.51. The van der Waals surface area contributed by atoms with Crippen molar-refractivity contribution >= 4 is 23.4 Å². The highest BCUT2D eigenvalue weighted by Crippen LogP contribution is 2.29. The first kappa shape index (κ1) is 25.0. The minimum absolute atomic E-state index is 0.127. The first-order valence-corrected chi connectivity index (χ1v) is 12.2. The number of hydrogen-bond donors (Lipinski definition) is 1. The van der Waals surface area contributed by atoms with Crippen molar-refractivity contribution in [2.45, 2.75) is 19.0 Å². The zero-order valence-electron chi connectivity index (χ0n) is 20.6. The maximum Gasteiger partial charge on any atom is 0.250 e. The number of aryl methyl sites for hydroxylation is 1. The van der Waals surface area contributed by atoms with Gasteiger partial charge in [0.2, 0.25) is 0 Å². The van der Waals surface area contributed by atoms with Crippen molar-refractivity contribution in [3.63, 3.8) is 0 Å². The van der Waals surface area contributed by atoms with Gasteiger partial charge in [-0.15, -0.1) is 10.2 Å². The van der Waals surface area contributed by atoms with Gasteiger partial charge in [-0.05, 0) is 67.9 Å². The third-order valence-electron chi connectivity index (χ3n) is 5.46. The molecule has 4 rings (SSSR count). The smallest absolute Gasteiger partial charge is 0.250 e. The van der Waals surface area contributed by atoms with Crippen LogP contribution in [-0.4, -0.2) is 46.4 Å². The molecule has 0 saturated carbocycles. The molecular formula is C27H27N5O3S. The number of carbonyl (C=O) groups is 1. The summed E-state index contributed by atoms with van der Waals surface area (Å²) >= 11 is 1.29. The van der Waals surface area contributed by atoms with Gasteiger partial charge in [-0.1, -0.05) is 41.6 Å². The molecule has 1 aromatic heterocycles. The molecule has 3 aromatic carbocycles. The van der Waals surface area contributed by atoms with E-state index in [-0.39, 0.29) is 11.7 Å². The molecule has 1 amide bonds. The number of nitrogens with one attached hydrogen (secondary N) is 1. The fourth-order valence-corrected chi connectivity index (χ4v) is 4.17. The molecule has 9 heteroatoms. The summed E-state index contributed by atoms with van der Waals surface area (Å²) in [5.41, 5.74) is 7.17. The number of thioether (sulfide) groups is 1. The van der Waals surface area contributed by atoms with Gasteiger partial charge in [-0.25, -0.2) is 5.43 Å². The van der Waals surface area contributed by atoms with Gasteiger partial charge in [0.25, 0.3) is 5.91 Å². The summed E-state index contributed by atoms with van der Waals surface area (Å²) in [6.07, 6.45) is 0. The molecule has 0 fully saturated rings. The molecule has 0 spiro atoms. The Labute approximate surface area is 214 Å². The highest BCUT2D eigenvalue weighted by Gasteiger charge is 2.17.